The van der Waals surface area contributed by atoms with E-state index in [9.17, 15) is 0 Å². The zero-order chi connectivity index (χ0) is 9.31. The van der Waals surface area contributed by atoms with Crippen molar-refractivity contribution in [1.82, 2.24) is 0 Å². The van der Waals surface area contributed by atoms with Crippen LogP contribution in [0.1, 0.15) is 65.2 Å². The average molecular weight is 180 g/mol. The minimum Gasteiger partial charge on any atom is -0.0625 e. The molecule has 76 valence electrons. The number of rotatable bonds is 1. The highest BCUT2D eigenvalue weighted by Crippen LogP contribution is 2.49. The van der Waals surface area contributed by atoms with E-state index in [1.807, 2.05) is 0 Å². The van der Waals surface area contributed by atoms with E-state index in [1.54, 1.807) is 0 Å². The Bertz CT molecular complexity index is 157. The first-order chi connectivity index (χ1) is 6.21. The summed E-state index contributed by atoms with van der Waals surface area (Å²) in [6.07, 6.45) is 12.1. The lowest BCUT2D eigenvalue weighted by molar-refractivity contribution is 0.1000. The van der Waals surface area contributed by atoms with Crippen LogP contribution in [0.5, 0.6) is 0 Å². The molecule has 2 rings (SSSR count). The highest BCUT2D eigenvalue weighted by atomic mass is 14.4. The van der Waals surface area contributed by atoms with Crippen LogP contribution >= 0.6 is 0 Å². The third-order valence-electron chi connectivity index (χ3n) is 4.76. The van der Waals surface area contributed by atoms with Crippen LogP contribution < -0.4 is 0 Å². The summed E-state index contributed by atoms with van der Waals surface area (Å²) in [5, 5.41) is 0. The second-order valence-corrected chi connectivity index (χ2v) is 5.82. The molecule has 0 radical (unpaired) electrons. The molecule has 0 atom stereocenters. The first-order valence-electron chi connectivity index (χ1n) is 6.21. The predicted octanol–water partition coefficient (Wildman–Crippen LogP) is 4.39. The molecule has 0 aromatic heterocycles. The summed E-state index contributed by atoms with van der Waals surface area (Å²) in [6.45, 7) is 4.99. The molecular formula is C13H24. The molecule has 0 heteroatoms. The van der Waals surface area contributed by atoms with Crippen molar-refractivity contribution in [3.63, 3.8) is 0 Å². The summed E-state index contributed by atoms with van der Waals surface area (Å²) < 4.78 is 0. The molecule has 0 aromatic rings. The Balaban J connectivity index is 1.95. The molecule has 13 heavy (non-hydrogen) atoms. The Morgan fingerprint density at radius 1 is 0.923 bits per heavy atom. The first-order valence-corrected chi connectivity index (χ1v) is 6.21. The first kappa shape index (κ1) is 9.55. The maximum Gasteiger partial charge on any atom is -0.0297 e. The number of hydrogen-bond donors (Lipinski definition) is 0. The molecule has 0 heterocycles. The lowest BCUT2D eigenvalue weighted by atomic mass is 9.64. The second kappa shape index (κ2) is 3.63. The van der Waals surface area contributed by atoms with Crippen molar-refractivity contribution in [2.24, 2.45) is 17.3 Å². The van der Waals surface area contributed by atoms with Gasteiger partial charge in [-0.25, -0.2) is 0 Å². The third kappa shape index (κ3) is 1.92. The fourth-order valence-corrected chi connectivity index (χ4v) is 3.45. The van der Waals surface area contributed by atoms with E-state index in [1.165, 1.54) is 51.4 Å². The van der Waals surface area contributed by atoms with Crippen LogP contribution in [-0.2, 0) is 0 Å². The van der Waals surface area contributed by atoms with E-state index < -0.39 is 0 Å². The van der Waals surface area contributed by atoms with Crippen molar-refractivity contribution in [2.75, 3.05) is 0 Å². The Morgan fingerprint density at radius 3 is 2.00 bits per heavy atom. The lowest BCUT2D eigenvalue weighted by Gasteiger charge is -2.41. The molecule has 0 aliphatic heterocycles. The molecule has 2 aliphatic carbocycles. The van der Waals surface area contributed by atoms with Gasteiger partial charge < -0.3 is 0 Å². The summed E-state index contributed by atoms with van der Waals surface area (Å²) in [6, 6.07) is 0. The maximum absolute atomic E-state index is 2.56. The molecule has 2 saturated carbocycles. The van der Waals surface area contributed by atoms with Crippen molar-refractivity contribution < 1.29 is 0 Å². The maximum atomic E-state index is 2.56. The monoisotopic (exact) mass is 180 g/mol. The van der Waals surface area contributed by atoms with E-state index in [0.717, 1.165) is 17.3 Å². The SMILES string of the molecule is CC1CCC(C)(C2CCCC2)CC1. The molecule has 2 aliphatic rings. The summed E-state index contributed by atoms with van der Waals surface area (Å²) in [7, 11) is 0. The molecule has 0 nitrogen and oxygen atoms in total. The molecule has 0 spiro atoms. The summed E-state index contributed by atoms with van der Waals surface area (Å²) in [5.74, 6) is 2.09. The van der Waals surface area contributed by atoms with Crippen molar-refractivity contribution >= 4 is 0 Å². The van der Waals surface area contributed by atoms with Gasteiger partial charge in [-0.15, -0.1) is 0 Å². The lowest BCUT2D eigenvalue weighted by Crippen LogP contribution is -2.30. The molecule has 2 fully saturated rings. The third-order valence-corrected chi connectivity index (χ3v) is 4.76. The van der Waals surface area contributed by atoms with Gasteiger partial charge in [0.15, 0.2) is 0 Å². The van der Waals surface area contributed by atoms with E-state index >= 15 is 0 Å². The van der Waals surface area contributed by atoms with E-state index in [4.69, 9.17) is 0 Å². The van der Waals surface area contributed by atoms with Crippen LogP contribution in [0.25, 0.3) is 0 Å². The van der Waals surface area contributed by atoms with Gasteiger partial charge in [0.05, 0.1) is 0 Å². The fourth-order valence-electron chi connectivity index (χ4n) is 3.45. The van der Waals surface area contributed by atoms with Crippen LogP contribution in [0.2, 0.25) is 0 Å². The van der Waals surface area contributed by atoms with Crippen molar-refractivity contribution in [1.29, 1.82) is 0 Å². The van der Waals surface area contributed by atoms with Gasteiger partial charge in [-0.3, -0.25) is 0 Å². The predicted molar refractivity (Wildman–Crippen MR) is 57.7 cm³/mol. The van der Waals surface area contributed by atoms with Gasteiger partial charge in [0.1, 0.15) is 0 Å². The largest absolute Gasteiger partial charge is 0.0625 e. The Hall–Kier alpha value is 0. The molecule has 0 saturated heterocycles. The van der Waals surface area contributed by atoms with E-state index in [2.05, 4.69) is 13.8 Å². The van der Waals surface area contributed by atoms with Gasteiger partial charge >= 0.3 is 0 Å². The Labute approximate surface area is 83.1 Å². The van der Waals surface area contributed by atoms with Gasteiger partial charge in [-0.05, 0) is 42.9 Å². The zero-order valence-corrected chi connectivity index (χ0v) is 9.31. The molecule has 0 amide bonds. The van der Waals surface area contributed by atoms with Crippen molar-refractivity contribution in [3.05, 3.63) is 0 Å². The summed E-state index contributed by atoms with van der Waals surface area (Å²) in [4.78, 5) is 0. The van der Waals surface area contributed by atoms with E-state index in [-0.39, 0.29) is 0 Å². The Kier molecular flexibility index (Phi) is 2.67. The fraction of sp³-hybridized carbons (Fsp3) is 1.00. The van der Waals surface area contributed by atoms with Crippen LogP contribution in [0.15, 0.2) is 0 Å². The zero-order valence-electron chi connectivity index (χ0n) is 9.31. The van der Waals surface area contributed by atoms with Crippen LogP contribution in [-0.4, -0.2) is 0 Å². The normalized spacial score (nSPS) is 42.5. The van der Waals surface area contributed by atoms with Gasteiger partial charge in [-0.1, -0.05) is 39.5 Å². The molecule has 0 unspecified atom stereocenters. The van der Waals surface area contributed by atoms with Crippen LogP contribution in [0.3, 0.4) is 0 Å². The van der Waals surface area contributed by atoms with Gasteiger partial charge in [0.25, 0.3) is 0 Å². The molecular weight excluding hydrogens is 156 g/mol. The minimum atomic E-state index is 0.739. The topological polar surface area (TPSA) is 0 Å². The standard InChI is InChI=1S/C13H24/c1-11-7-9-13(2,10-8-11)12-5-3-4-6-12/h11-12H,3-10H2,1-2H3. The summed E-state index contributed by atoms with van der Waals surface area (Å²) in [5.41, 5.74) is 0.739. The Morgan fingerprint density at radius 2 is 1.46 bits per heavy atom. The van der Waals surface area contributed by atoms with Crippen molar-refractivity contribution in [2.45, 2.75) is 65.2 Å². The second-order valence-electron chi connectivity index (χ2n) is 5.82. The average Bonchev–Trinajstić information content (AvgIpc) is 2.63. The molecule has 0 bridgehead atoms. The highest BCUT2D eigenvalue weighted by molar-refractivity contribution is 4.89. The number of hydrogen-bond acceptors (Lipinski definition) is 0. The minimum absolute atomic E-state index is 0.739. The van der Waals surface area contributed by atoms with Gasteiger partial charge in [0, 0.05) is 0 Å². The smallest absolute Gasteiger partial charge is 0.0297 e. The van der Waals surface area contributed by atoms with Gasteiger partial charge in [0.2, 0.25) is 0 Å². The van der Waals surface area contributed by atoms with E-state index in [0.29, 0.717) is 0 Å². The van der Waals surface area contributed by atoms with Gasteiger partial charge in [-0.2, -0.15) is 0 Å². The quantitative estimate of drug-likeness (QED) is 0.561. The van der Waals surface area contributed by atoms with Crippen LogP contribution in [0.4, 0.5) is 0 Å². The summed E-state index contributed by atoms with van der Waals surface area (Å²) >= 11 is 0. The highest BCUT2D eigenvalue weighted by Gasteiger charge is 2.37. The molecule has 0 aromatic carbocycles. The van der Waals surface area contributed by atoms with Crippen molar-refractivity contribution in [3.8, 4) is 0 Å². The van der Waals surface area contributed by atoms with Crippen LogP contribution in [0, 0.1) is 17.3 Å². The molecule has 0 N–H and O–H groups in total.